The number of anilines is 1. The van der Waals surface area contributed by atoms with Gasteiger partial charge in [0.05, 0.1) is 18.2 Å². The third kappa shape index (κ3) is 4.30. The van der Waals surface area contributed by atoms with Crippen LogP contribution in [0.5, 0.6) is 0 Å². The average Bonchev–Trinajstić information content (AvgIpc) is 3.03. The molecule has 0 fully saturated rings. The van der Waals surface area contributed by atoms with E-state index in [2.05, 4.69) is 43.3 Å². The minimum atomic E-state index is 0.387. The Labute approximate surface area is 133 Å². The molecule has 0 aliphatic heterocycles. The van der Waals surface area contributed by atoms with Crippen molar-refractivity contribution in [2.24, 2.45) is 10.2 Å². The maximum Gasteiger partial charge on any atom is 0.265 e. The molecule has 0 bridgehead atoms. The fourth-order valence-electron chi connectivity index (χ4n) is 1.86. The van der Waals surface area contributed by atoms with Crippen molar-refractivity contribution < 1.29 is 0 Å². The molecular formula is C14H17N7S. The van der Waals surface area contributed by atoms with E-state index in [1.165, 1.54) is 11.8 Å². The largest absolute Gasteiger partial charge is 0.371 e. The van der Waals surface area contributed by atoms with Crippen molar-refractivity contribution in [3.63, 3.8) is 0 Å². The minimum Gasteiger partial charge on any atom is -0.371 e. The van der Waals surface area contributed by atoms with E-state index in [-0.39, 0.29) is 0 Å². The predicted molar refractivity (Wildman–Crippen MR) is 86.9 cm³/mol. The number of thioether (sulfide) groups is 1. The molecule has 2 aromatic rings. The Hall–Kier alpha value is -2.40. The van der Waals surface area contributed by atoms with Gasteiger partial charge in [0.2, 0.25) is 5.16 Å². The zero-order valence-electron chi connectivity index (χ0n) is 12.5. The number of nitriles is 1. The molecule has 0 amide bonds. The Kier molecular flexibility index (Phi) is 5.91. The molecule has 22 heavy (non-hydrogen) atoms. The van der Waals surface area contributed by atoms with Gasteiger partial charge in [-0.05, 0) is 37.4 Å². The van der Waals surface area contributed by atoms with Gasteiger partial charge in [0.15, 0.2) is 0 Å². The highest BCUT2D eigenvalue weighted by Crippen LogP contribution is 2.21. The summed E-state index contributed by atoms with van der Waals surface area (Å²) in [5.74, 6) is 0.387. The maximum atomic E-state index is 8.68. The van der Waals surface area contributed by atoms with Crippen LogP contribution in [-0.2, 0) is 0 Å². The number of H-pyrrole nitrogens is 1. The molecule has 0 saturated heterocycles. The van der Waals surface area contributed by atoms with E-state index in [1.54, 1.807) is 0 Å². The normalized spacial score (nSPS) is 10.8. The monoisotopic (exact) mass is 315 g/mol. The van der Waals surface area contributed by atoms with Crippen molar-refractivity contribution in [3.05, 3.63) is 24.3 Å². The van der Waals surface area contributed by atoms with Gasteiger partial charge in [-0.1, -0.05) is 11.8 Å². The van der Waals surface area contributed by atoms with Gasteiger partial charge in [0, 0.05) is 18.8 Å². The van der Waals surface area contributed by atoms with E-state index < -0.39 is 0 Å². The SMILES string of the molecule is CCN(CCC#N)c1ccc(N=Nc2nc(SC)n[nH]2)cc1. The van der Waals surface area contributed by atoms with Crippen LogP contribution in [-0.4, -0.2) is 34.5 Å². The van der Waals surface area contributed by atoms with Crippen molar-refractivity contribution in [3.8, 4) is 6.07 Å². The molecule has 7 nitrogen and oxygen atoms in total. The first-order valence-corrected chi connectivity index (χ1v) is 8.09. The van der Waals surface area contributed by atoms with Crippen molar-refractivity contribution in [1.82, 2.24) is 15.2 Å². The fraction of sp³-hybridized carbons (Fsp3) is 0.357. The van der Waals surface area contributed by atoms with E-state index >= 15 is 0 Å². The van der Waals surface area contributed by atoms with Crippen molar-refractivity contribution >= 4 is 29.1 Å². The Morgan fingerprint density at radius 2 is 2.09 bits per heavy atom. The van der Waals surface area contributed by atoms with Crippen LogP contribution in [0.1, 0.15) is 13.3 Å². The van der Waals surface area contributed by atoms with Crippen molar-refractivity contribution in [2.45, 2.75) is 18.5 Å². The average molecular weight is 315 g/mol. The Bertz CT molecular complexity index is 657. The molecule has 0 unspecified atom stereocenters. The second-order valence-corrected chi connectivity index (χ2v) is 5.12. The Morgan fingerprint density at radius 1 is 1.32 bits per heavy atom. The van der Waals surface area contributed by atoms with Crippen molar-refractivity contribution in [1.29, 1.82) is 5.26 Å². The van der Waals surface area contributed by atoms with Gasteiger partial charge in [0.25, 0.3) is 5.95 Å². The van der Waals surface area contributed by atoms with Crippen LogP contribution in [0.2, 0.25) is 0 Å². The van der Waals surface area contributed by atoms with Crippen LogP contribution in [0, 0.1) is 11.3 Å². The van der Waals surface area contributed by atoms with Crippen LogP contribution in [0.25, 0.3) is 0 Å². The summed E-state index contributed by atoms with van der Waals surface area (Å²) in [6.07, 6.45) is 2.41. The molecule has 0 radical (unpaired) electrons. The molecule has 0 aliphatic rings. The summed E-state index contributed by atoms with van der Waals surface area (Å²) >= 11 is 1.44. The van der Waals surface area contributed by atoms with E-state index in [1.807, 2.05) is 30.5 Å². The number of benzene rings is 1. The van der Waals surface area contributed by atoms with E-state index in [0.717, 1.165) is 24.5 Å². The number of hydrogen-bond acceptors (Lipinski definition) is 7. The summed E-state index contributed by atoms with van der Waals surface area (Å²) in [6.45, 7) is 3.65. The van der Waals surface area contributed by atoms with Crippen LogP contribution in [0.4, 0.5) is 17.3 Å². The lowest BCUT2D eigenvalue weighted by atomic mass is 10.2. The highest BCUT2D eigenvalue weighted by Gasteiger charge is 2.04. The Balaban J connectivity index is 2.03. The van der Waals surface area contributed by atoms with E-state index in [0.29, 0.717) is 17.5 Å². The van der Waals surface area contributed by atoms with Gasteiger partial charge in [0.1, 0.15) is 0 Å². The molecular weight excluding hydrogens is 298 g/mol. The molecule has 0 aliphatic carbocycles. The summed E-state index contributed by atoms with van der Waals surface area (Å²) in [5.41, 5.74) is 1.81. The second kappa shape index (κ2) is 8.14. The maximum absolute atomic E-state index is 8.68. The topological polar surface area (TPSA) is 93.3 Å². The molecule has 0 atom stereocenters. The first kappa shape index (κ1) is 16.0. The number of hydrogen-bond donors (Lipinski definition) is 1. The van der Waals surface area contributed by atoms with Gasteiger partial charge in [-0.25, -0.2) is 5.10 Å². The van der Waals surface area contributed by atoms with Gasteiger partial charge in [-0.2, -0.15) is 10.2 Å². The predicted octanol–water partition coefficient (Wildman–Crippen LogP) is 3.68. The standard InChI is InChI=1S/C14H17N7S/c1-3-21(10-4-9-15)12-7-5-11(6-8-12)17-18-13-16-14(22-2)20-19-13/h5-8H,3-4,10H2,1-2H3,(H,16,19,20). The van der Waals surface area contributed by atoms with Crippen LogP contribution in [0.3, 0.4) is 0 Å². The number of aromatic amines is 1. The zero-order chi connectivity index (χ0) is 15.8. The third-order valence-electron chi connectivity index (χ3n) is 2.99. The highest BCUT2D eigenvalue weighted by molar-refractivity contribution is 7.98. The van der Waals surface area contributed by atoms with Crippen LogP contribution >= 0.6 is 11.8 Å². The van der Waals surface area contributed by atoms with Crippen molar-refractivity contribution in [2.75, 3.05) is 24.2 Å². The first-order chi connectivity index (χ1) is 10.8. The lowest BCUT2D eigenvalue weighted by Crippen LogP contribution is -2.23. The molecule has 2 rings (SSSR count). The number of nitrogens with one attached hydrogen (secondary N) is 1. The number of rotatable bonds is 7. The molecule has 1 heterocycles. The van der Waals surface area contributed by atoms with Gasteiger partial charge in [-0.3, -0.25) is 0 Å². The first-order valence-electron chi connectivity index (χ1n) is 6.87. The fourth-order valence-corrected chi connectivity index (χ4v) is 2.18. The summed E-state index contributed by atoms with van der Waals surface area (Å²) in [5, 5.41) is 24.1. The van der Waals surface area contributed by atoms with E-state index in [4.69, 9.17) is 5.26 Å². The lowest BCUT2D eigenvalue weighted by molar-refractivity contribution is 0.827. The Morgan fingerprint density at radius 3 is 2.68 bits per heavy atom. The summed E-state index contributed by atoms with van der Waals surface area (Å²) in [6, 6.07) is 9.89. The van der Waals surface area contributed by atoms with E-state index in [9.17, 15) is 0 Å². The summed E-state index contributed by atoms with van der Waals surface area (Å²) in [7, 11) is 0. The number of aromatic nitrogens is 3. The molecule has 1 aromatic heterocycles. The lowest BCUT2D eigenvalue weighted by Gasteiger charge is -2.21. The van der Waals surface area contributed by atoms with Crippen LogP contribution < -0.4 is 4.90 Å². The molecule has 0 saturated carbocycles. The minimum absolute atomic E-state index is 0.387. The third-order valence-corrected chi connectivity index (χ3v) is 3.53. The second-order valence-electron chi connectivity index (χ2n) is 4.35. The molecule has 8 heteroatoms. The zero-order valence-corrected chi connectivity index (χ0v) is 13.3. The number of azo groups is 1. The highest BCUT2D eigenvalue weighted by atomic mass is 32.2. The quantitative estimate of drug-likeness (QED) is 0.621. The summed E-state index contributed by atoms with van der Waals surface area (Å²) in [4.78, 5) is 6.28. The molecule has 1 N–H and O–H groups in total. The van der Waals surface area contributed by atoms with Gasteiger partial charge < -0.3 is 4.90 Å². The molecule has 1 aromatic carbocycles. The summed E-state index contributed by atoms with van der Waals surface area (Å²) < 4.78 is 0. The van der Waals surface area contributed by atoms with Crippen LogP contribution in [0.15, 0.2) is 39.7 Å². The van der Waals surface area contributed by atoms with Gasteiger partial charge in [-0.15, -0.1) is 15.3 Å². The molecule has 114 valence electrons. The van der Waals surface area contributed by atoms with Gasteiger partial charge >= 0.3 is 0 Å². The number of nitrogens with zero attached hydrogens (tertiary/aromatic N) is 6. The smallest absolute Gasteiger partial charge is 0.265 e. The molecule has 0 spiro atoms.